The van der Waals surface area contributed by atoms with Crippen LogP contribution in [0.1, 0.15) is 69.2 Å². The molecule has 0 aliphatic carbocycles. The van der Waals surface area contributed by atoms with Gasteiger partial charge in [-0.1, -0.05) is 0 Å². The van der Waals surface area contributed by atoms with Gasteiger partial charge in [-0.2, -0.15) is 0 Å². The Bertz CT molecular complexity index is 1110. The van der Waals surface area contributed by atoms with Crippen molar-refractivity contribution in [3.8, 4) is 0 Å². The Balaban J connectivity index is 3.55. The second-order valence-corrected chi connectivity index (χ2v) is 11.4. The van der Waals surface area contributed by atoms with E-state index in [0.29, 0.717) is 0 Å². The predicted octanol–water partition coefficient (Wildman–Crippen LogP) is 1.60. The molecule has 3 N–H and O–H groups in total. The number of aliphatic imine (C=N–C) groups is 1. The molecule has 1 heterocycles. The third-order valence-electron chi connectivity index (χ3n) is 4.91. The van der Waals surface area contributed by atoms with Crippen LogP contribution in [0.2, 0.25) is 0 Å². The molecule has 1 aliphatic rings. The van der Waals surface area contributed by atoms with Crippen LogP contribution in [0.4, 0.5) is 9.59 Å². The maximum absolute atomic E-state index is 12.6. The van der Waals surface area contributed by atoms with Crippen LogP contribution in [-0.4, -0.2) is 90.2 Å². The summed E-state index contributed by atoms with van der Waals surface area (Å²) < 4.78 is 32.0. The average molecular weight is 615 g/mol. The smallest absolute Gasteiger partial charge is 0.437 e. The first-order valence-electron chi connectivity index (χ1n) is 13.3. The van der Waals surface area contributed by atoms with E-state index in [0.717, 1.165) is 20.8 Å². The van der Waals surface area contributed by atoms with Crippen molar-refractivity contribution in [2.45, 2.75) is 111 Å². The summed E-state index contributed by atoms with van der Waals surface area (Å²) in [5.74, 6) is -3.23. The van der Waals surface area contributed by atoms with E-state index in [2.05, 4.69) is 20.9 Å². The van der Waals surface area contributed by atoms with Gasteiger partial charge in [-0.15, -0.1) is 4.99 Å². The van der Waals surface area contributed by atoms with Crippen molar-refractivity contribution in [1.29, 1.82) is 0 Å². The summed E-state index contributed by atoms with van der Waals surface area (Å²) in [6.45, 7) is 13.8. The monoisotopic (exact) mass is 614 g/mol. The van der Waals surface area contributed by atoms with Gasteiger partial charge in [0.2, 0.25) is 11.9 Å². The molecule has 43 heavy (non-hydrogen) atoms. The number of rotatable bonds is 8. The molecule has 0 saturated heterocycles. The number of alkyl carbamates (subject to hydrolysis) is 1. The summed E-state index contributed by atoms with van der Waals surface area (Å²) in [7, 11) is 0. The molecule has 16 nitrogen and oxygen atoms in total. The lowest BCUT2D eigenvalue weighted by Crippen LogP contribution is -2.64. The zero-order chi connectivity index (χ0) is 33.1. The molecule has 5 atom stereocenters. The Labute approximate surface area is 250 Å². The maximum atomic E-state index is 12.6. The number of nitrogens with one attached hydrogen (secondary N) is 3. The van der Waals surface area contributed by atoms with Gasteiger partial charge in [0, 0.05) is 27.7 Å². The van der Waals surface area contributed by atoms with E-state index < -0.39 is 90.2 Å². The first-order chi connectivity index (χ1) is 19.7. The second kappa shape index (κ2) is 15.7. The van der Waals surface area contributed by atoms with Crippen molar-refractivity contribution in [3.05, 3.63) is 12.3 Å². The predicted molar refractivity (Wildman–Crippen MR) is 149 cm³/mol. The first kappa shape index (κ1) is 36.7. The quantitative estimate of drug-likeness (QED) is 0.154. The topological polar surface area (TPSA) is 206 Å². The summed E-state index contributed by atoms with van der Waals surface area (Å²) in [6, 6.07) is -2.12. The van der Waals surface area contributed by atoms with Gasteiger partial charge in [0.15, 0.2) is 18.3 Å². The highest BCUT2D eigenvalue weighted by Crippen LogP contribution is 2.23. The van der Waals surface area contributed by atoms with Gasteiger partial charge < -0.3 is 39.1 Å². The summed E-state index contributed by atoms with van der Waals surface area (Å²) in [4.78, 5) is 76.7. The van der Waals surface area contributed by atoms with Crippen LogP contribution in [0.5, 0.6) is 0 Å². The molecule has 16 heteroatoms. The lowest BCUT2D eigenvalue weighted by molar-refractivity contribution is -0.185. The number of carbonyl (C=O) groups excluding carboxylic acids is 6. The molecule has 0 aromatic heterocycles. The Hall–Kier alpha value is -4.37. The molecule has 0 aromatic rings. The van der Waals surface area contributed by atoms with Crippen LogP contribution in [0, 0.1) is 0 Å². The highest BCUT2D eigenvalue weighted by Gasteiger charge is 2.46. The zero-order valence-corrected chi connectivity index (χ0v) is 26.1. The number of amides is 3. The van der Waals surface area contributed by atoms with Gasteiger partial charge in [0.25, 0.3) is 0 Å². The van der Waals surface area contributed by atoms with Gasteiger partial charge in [-0.3, -0.25) is 24.5 Å². The Morgan fingerprint density at radius 1 is 0.837 bits per heavy atom. The molecule has 1 rings (SSSR count). The van der Waals surface area contributed by atoms with Crippen molar-refractivity contribution in [2.75, 3.05) is 6.61 Å². The van der Waals surface area contributed by atoms with Crippen molar-refractivity contribution in [1.82, 2.24) is 16.0 Å². The standard InChI is InChI=1S/C27H42N4O12/c1-14(32)28-20-18(29-23(30-24(36)42-26(5,6)7)31-25(37)43-27(8,9)10)11-12-38-22(20)21(41-17(4)35)19(40-16(3)34)13-39-15(2)33/h11-12,18-22H,13H2,1-10H3,(H,28,32)(H2,29,30,31,36,37)/t18-,19+,20+,21+,22+/m0/s1. The van der Waals surface area contributed by atoms with Gasteiger partial charge >= 0.3 is 30.1 Å². The fourth-order valence-corrected chi connectivity index (χ4v) is 3.64. The fourth-order valence-electron chi connectivity index (χ4n) is 3.64. The van der Waals surface area contributed by atoms with E-state index >= 15 is 0 Å². The number of hydrogen-bond donors (Lipinski definition) is 3. The van der Waals surface area contributed by atoms with Gasteiger partial charge in [0.05, 0.1) is 18.3 Å². The van der Waals surface area contributed by atoms with Crippen molar-refractivity contribution in [2.24, 2.45) is 4.99 Å². The van der Waals surface area contributed by atoms with E-state index in [9.17, 15) is 28.8 Å². The lowest BCUT2D eigenvalue weighted by Gasteiger charge is -2.41. The van der Waals surface area contributed by atoms with Crippen LogP contribution < -0.4 is 16.0 Å². The van der Waals surface area contributed by atoms with Crippen molar-refractivity contribution >= 4 is 42.0 Å². The molecule has 0 fully saturated rings. The minimum absolute atomic E-state index is 0.408. The number of ether oxygens (including phenoxy) is 6. The SMILES string of the molecule is CC(=O)N[C@H]1[C@H]([C@H](OC(C)=O)[C@@H](COC(C)=O)OC(C)=O)OC=C[C@@H]1N/C(=N/C(=O)OC(C)(C)C)NC(=O)OC(C)(C)C. The number of carbonyl (C=O) groups is 6. The number of hydrogen-bond acceptors (Lipinski definition) is 12. The van der Waals surface area contributed by atoms with E-state index in [-0.39, 0.29) is 0 Å². The van der Waals surface area contributed by atoms with E-state index in [1.54, 1.807) is 41.5 Å². The second-order valence-electron chi connectivity index (χ2n) is 11.4. The first-order valence-corrected chi connectivity index (χ1v) is 13.3. The zero-order valence-electron chi connectivity index (χ0n) is 26.1. The Kier molecular flexibility index (Phi) is 13.4. The van der Waals surface area contributed by atoms with Crippen LogP contribution >= 0.6 is 0 Å². The minimum atomic E-state index is -1.42. The highest BCUT2D eigenvalue weighted by atomic mass is 16.6. The molecule has 0 spiro atoms. The third kappa shape index (κ3) is 14.9. The van der Waals surface area contributed by atoms with Crippen LogP contribution in [0.25, 0.3) is 0 Å². The van der Waals surface area contributed by atoms with E-state index in [1.165, 1.54) is 19.3 Å². The molecule has 0 radical (unpaired) electrons. The summed E-state index contributed by atoms with van der Waals surface area (Å²) in [5.41, 5.74) is -1.81. The number of guanidine groups is 1. The molecular weight excluding hydrogens is 572 g/mol. The summed E-state index contributed by atoms with van der Waals surface area (Å²) in [5, 5.41) is 7.85. The summed E-state index contributed by atoms with van der Waals surface area (Å²) in [6.07, 6.45) is -3.42. The average Bonchev–Trinajstić information content (AvgIpc) is 2.78. The maximum Gasteiger partial charge on any atom is 0.437 e. The molecule has 1 aliphatic heterocycles. The molecule has 0 unspecified atom stereocenters. The van der Waals surface area contributed by atoms with Gasteiger partial charge in [-0.25, -0.2) is 9.59 Å². The fraction of sp³-hybridized carbons (Fsp3) is 0.667. The Morgan fingerprint density at radius 2 is 1.42 bits per heavy atom. The third-order valence-corrected chi connectivity index (χ3v) is 4.91. The molecule has 0 saturated carbocycles. The number of nitrogens with zero attached hydrogens (tertiary/aromatic N) is 1. The molecule has 0 aromatic carbocycles. The number of esters is 3. The Morgan fingerprint density at radius 3 is 1.91 bits per heavy atom. The molecular formula is C27H42N4O12. The van der Waals surface area contributed by atoms with Crippen molar-refractivity contribution in [3.63, 3.8) is 0 Å². The van der Waals surface area contributed by atoms with Gasteiger partial charge in [-0.05, 0) is 47.6 Å². The minimum Gasteiger partial charge on any atom is -0.492 e. The van der Waals surface area contributed by atoms with E-state index in [1.807, 2.05) is 0 Å². The molecule has 242 valence electrons. The van der Waals surface area contributed by atoms with E-state index in [4.69, 9.17) is 28.4 Å². The molecule has 3 amide bonds. The van der Waals surface area contributed by atoms with Crippen molar-refractivity contribution < 1.29 is 57.2 Å². The van der Waals surface area contributed by atoms with Crippen LogP contribution in [0.15, 0.2) is 17.3 Å². The molecule has 0 bridgehead atoms. The van der Waals surface area contributed by atoms with Crippen LogP contribution in [0.3, 0.4) is 0 Å². The normalized spacial score (nSPS) is 19.9. The largest absolute Gasteiger partial charge is 0.492 e. The lowest BCUT2D eigenvalue weighted by atomic mass is 9.92. The summed E-state index contributed by atoms with van der Waals surface area (Å²) >= 11 is 0. The van der Waals surface area contributed by atoms with Gasteiger partial charge in [0.1, 0.15) is 17.8 Å². The van der Waals surface area contributed by atoms with Crippen LogP contribution in [-0.2, 0) is 47.6 Å². The highest BCUT2D eigenvalue weighted by molar-refractivity contribution is 5.99.